The molecule has 0 fully saturated rings. The minimum Gasteiger partial charge on any atom is -0.497 e. The van der Waals surface area contributed by atoms with Crippen molar-refractivity contribution in [2.24, 2.45) is 23.7 Å². The number of hydrazine groups is 1. The number of ether oxygens (including phenoxy) is 1. The van der Waals surface area contributed by atoms with Crippen LogP contribution in [0.1, 0.15) is 44.2 Å². The Morgan fingerprint density at radius 1 is 1.11 bits per heavy atom. The summed E-state index contributed by atoms with van der Waals surface area (Å²) < 4.78 is 9.94. The molecule has 4 heterocycles. The number of nitrogens with zero attached hydrogens (tertiary/aromatic N) is 9. The summed E-state index contributed by atoms with van der Waals surface area (Å²) in [6, 6.07) is 15.3. The molecule has 4 aromatic heterocycles. The predicted molar refractivity (Wildman–Crippen MR) is 222 cm³/mol. The van der Waals surface area contributed by atoms with Crippen LogP contribution >= 0.6 is 34.7 Å². The summed E-state index contributed by atoms with van der Waals surface area (Å²) in [7, 11) is 5.38. The number of benzene rings is 2. The van der Waals surface area contributed by atoms with Gasteiger partial charge in [-0.15, -0.1) is 11.3 Å². The molecule has 2 aromatic carbocycles. The first-order valence-electron chi connectivity index (χ1n) is 17.5. The maximum Gasteiger partial charge on any atom is 0.191 e. The number of nitrogens with one attached hydrogen (secondary N) is 1. The largest absolute Gasteiger partial charge is 0.497 e. The number of rotatable bonds is 19. The van der Waals surface area contributed by atoms with Crippen molar-refractivity contribution in [3.63, 3.8) is 0 Å². The highest BCUT2D eigenvalue weighted by Crippen LogP contribution is 2.32. The molecule has 0 unspecified atom stereocenters. The first-order chi connectivity index (χ1) is 26.6. The Morgan fingerprint density at radius 3 is 2.69 bits per heavy atom. The highest BCUT2D eigenvalue weighted by Gasteiger charge is 2.20. The van der Waals surface area contributed by atoms with E-state index in [9.17, 15) is 4.79 Å². The standard InChI is InChI=1S/C37H44ClN13O2S2/c1-48(19-25-6-4-8-28(16-25)53-3)43-18-29-30(23-52)49(2)36-33(29)55-31(45-36)22-50-20-26(17-44-50)7-5-15-54-37-46-34(42-14-13-39)32(40)35(47-37)51(41)21-24-9-11-27(38)12-10-24/h4,6,8-12,16-18,20,23H,5,7,13-15,19,21-22,39-41H2,1-3H3,(H,42,46,47)/b43-18-. The van der Waals surface area contributed by atoms with Crippen LogP contribution in [-0.4, -0.2) is 79.8 Å². The quantitative estimate of drug-likeness (QED) is 0.0160. The van der Waals surface area contributed by atoms with Crippen LogP contribution < -0.4 is 32.4 Å². The summed E-state index contributed by atoms with van der Waals surface area (Å²) in [5, 5.41) is 17.9. The molecule has 0 saturated heterocycles. The molecule has 6 aromatic rings. The van der Waals surface area contributed by atoms with Gasteiger partial charge in [0.15, 0.2) is 28.7 Å². The number of aldehydes is 1. The molecule has 0 amide bonds. The lowest BCUT2D eigenvalue weighted by Crippen LogP contribution is -2.32. The van der Waals surface area contributed by atoms with Gasteiger partial charge in [0.05, 0.1) is 49.5 Å². The normalized spacial score (nSPS) is 11.5. The number of hydrazone groups is 1. The SMILES string of the molecule is COc1cccc(CN(C)/N=C\c2c(C=O)n(C)c3nc(Cn4cc(CCCSc5nc(NCCN)c(N)c(N(N)Cc6ccc(Cl)cc6)n5)cn4)sc23)c1. The van der Waals surface area contributed by atoms with Gasteiger partial charge in [-0.1, -0.05) is 47.6 Å². The molecule has 0 radical (unpaired) electrons. The number of carbonyl (C=O) groups excluding carboxylic acids is 1. The second kappa shape index (κ2) is 18.4. The summed E-state index contributed by atoms with van der Waals surface area (Å²) in [5.74, 6) is 8.94. The molecule has 0 aliphatic rings. The van der Waals surface area contributed by atoms with Gasteiger partial charge < -0.3 is 26.1 Å². The molecule has 0 aliphatic carbocycles. The van der Waals surface area contributed by atoms with Gasteiger partial charge in [0.1, 0.15) is 16.4 Å². The Balaban J connectivity index is 1.07. The molecule has 288 valence electrons. The van der Waals surface area contributed by atoms with Crippen molar-refractivity contribution in [3.05, 3.63) is 98.9 Å². The Morgan fingerprint density at radius 2 is 1.93 bits per heavy atom. The van der Waals surface area contributed by atoms with Gasteiger partial charge in [-0.2, -0.15) is 10.2 Å². The van der Waals surface area contributed by atoms with Gasteiger partial charge in [-0.05, 0) is 53.8 Å². The molecule has 7 N–H and O–H groups in total. The summed E-state index contributed by atoms with van der Waals surface area (Å²) in [6.07, 6.45) is 8.19. The first kappa shape index (κ1) is 39.5. The van der Waals surface area contributed by atoms with Gasteiger partial charge >= 0.3 is 0 Å². The number of halogens is 1. The van der Waals surface area contributed by atoms with Crippen molar-refractivity contribution in [2.45, 2.75) is 37.6 Å². The molecule has 0 aliphatic heterocycles. The number of hydrogen-bond donors (Lipinski definition) is 4. The number of nitrogen functional groups attached to an aromatic ring is 1. The Kier molecular flexibility index (Phi) is 13.2. The van der Waals surface area contributed by atoms with Crippen molar-refractivity contribution in [1.82, 2.24) is 34.3 Å². The van der Waals surface area contributed by atoms with E-state index < -0.39 is 0 Å². The molecular formula is C37H44ClN13O2S2. The van der Waals surface area contributed by atoms with Crippen molar-refractivity contribution in [2.75, 3.05) is 49.1 Å². The van der Waals surface area contributed by atoms with Crippen LogP contribution in [0.25, 0.3) is 10.3 Å². The number of aryl methyl sites for hydroxylation is 2. The smallest absolute Gasteiger partial charge is 0.191 e. The van der Waals surface area contributed by atoms with Crippen LogP contribution in [0.5, 0.6) is 5.75 Å². The summed E-state index contributed by atoms with van der Waals surface area (Å²) in [4.78, 5) is 26.3. The number of methoxy groups -OCH3 is 1. The zero-order valence-corrected chi connectivity index (χ0v) is 33.2. The Hall–Kier alpha value is -5.20. The molecule has 0 saturated carbocycles. The van der Waals surface area contributed by atoms with E-state index in [1.54, 1.807) is 13.3 Å². The van der Waals surface area contributed by atoms with E-state index in [2.05, 4.69) is 20.5 Å². The Labute approximate surface area is 332 Å². The lowest BCUT2D eigenvalue weighted by atomic mass is 10.2. The van der Waals surface area contributed by atoms with Crippen molar-refractivity contribution < 1.29 is 9.53 Å². The number of thiazole rings is 1. The van der Waals surface area contributed by atoms with Crippen LogP contribution in [0.3, 0.4) is 0 Å². The Bertz CT molecular complexity index is 2250. The third-order valence-electron chi connectivity index (χ3n) is 8.60. The van der Waals surface area contributed by atoms with Gasteiger partial charge in [0.2, 0.25) is 0 Å². The molecule has 0 bridgehead atoms. The zero-order valence-electron chi connectivity index (χ0n) is 30.9. The van der Waals surface area contributed by atoms with E-state index >= 15 is 0 Å². The monoisotopic (exact) mass is 801 g/mol. The second-order valence-electron chi connectivity index (χ2n) is 12.7. The fourth-order valence-electron chi connectivity index (χ4n) is 5.84. The molecular weight excluding hydrogens is 758 g/mol. The third kappa shape index (κ3) is 9.92. The van der Waals surface area contributed by atoms with Crippen LogP contribution in [-0.2, 0) is 33.1 Å². The first-order valence-corrected chi connectivity index (χ1v) is 19.7. The number of carbonyl (C=O) groups is 1. The highest BCUT2D eigenvalue weighted by atomic mass is 35.5. The number of fused-ring (bicyclic) bond motifs is 1. The molecule has 6 rings (SSSR count). The van der Waals surface area contributed by atoms with Gasteiger partial charge in [0.25, 0.3) is 0 Å². The van der Waals surface area contributed by atoms with Crippen LogP contribution in [0.15, 0.2) is 71.2 Å². The van der Waals surface area contributed by atoms with Crippen molar-refractivity contribution >= 4 is 74.9 Å². The zero-order chi connectivity index (χ0) is 38.9. The topological polar surface area (TPSA) is 197 Å². The molecule has 15 nitrogen and oxygen atoms in total. The van der Waals surface area contributed by atoms with E-state index in [1.165, 1.54) is 28.1 Å². The second-order valence-corrected chi connectivity index (χ2v) is 15.3. The number of aromatic nitrogens is 6. The lowest BCUT2D eigenvalue weighted by Gasteiger charge is -2.21. The fourth-order valence-corrected chi connectivity index (χ4v) is 7.85. The molecule has 55 heavy (non-hydrogen) atoms. The maximum absolute atomic E-state index is 12.1. The van der Waals surface area contributed by atoms with Crippen LogP contribution in [0, 0.1) is 0 Å². The van der Waals surface area contributed by atoms with E-state index in [-0.39, 0.29) is 0 Å². The lowest BCUT2D eigenvalue weighted by molar-refractivity contribution is 0.111. The van der Waals surface area contributed by atoms with E-state index in [0.717, 1.165) is 68.2 Å². The summed E-state index contributed by atoms with van der Waals surface area (Å²) >= 11 is 9.12. The van der Waals surface area contributed by atoms with E-state index in [4.69, 9.17) is 43.6 Å². The predicted octanol–water partition coefficient (Wildman–Crippen LogP) is 5.17. The third-order valence-corrected chi connectivity index (χ3v) is 10.8. The van der Waals surface area contributed by atoms with Crippen molar-refractivity contribution in [3.8, 4) is 5.75 Å². The van der Waals surface area contributed by atoms with Gasteiger partial charge in [-0.25, -0.2) is 20.8 Å². The van der Waals surface area contributed by atoms with Gasteiger partial charge in [0, 0.05) is 49.7 Å². The average molecular weight is 802 g/mol. The highest BCUT2D eigenvalue weighted by molar-refractivity contribution is 7.99. The number of thioether (sulfide) groups is 1. The molecule has 18 heteroatoms. The molecule has 0 spiro atoms. The maximum atomic E-state index is 12.1. The van der Waals surface area contributed by atoms with Crippen LogP contribution in [0.4, 0.5) is 17.3 Å². The minimum absolute atomic E-state index is 0.358. The molecule has 0 atom stereocenters. The summed E-state index contributed by atoms with van der Waals surface area (Å²) in [5.41, 5.74) is 17.7. The minimum atomic E-state index is 0.358. The van der Waals surface area contributed by atoms with E-state index in [0.29, 0.717) is 65.9 Å². The van der Waals surface area contributed by atoms with Gasteiger partial charge in [-0.3, -0.25) is 19.5 Å². The van der Waals surface area contributed by atoms with Crippen LogP contribution in [0.2, 0.25) is 5.02 Å². The summed E-state index contributed by atoms with van der Waals surface area (Å²) in [6.45, 7) is 2.40. The fraction of sp³-hybridized carbons (Fsp3) is 0.297. The number of hydrogen-bond acceptors (Lipinski definition) is 15. The number of nitrogens with two attached hydrogens (primary N) is 3. The van der Waals surface area contributed by atoms with Crippen molar-refractivity contribution in [1.29, 1.82) is 0 Å². The number of anilines is 3. The van der Waals surface area contributed by atoms with E-state index in [1.807, 2.05) is 89.3 Å². The average Bonchev–Trinajstić information content (AvgIpc) is 3.88.